The number of aryl methyl sites for hydroxylation is 1. The maximum atomic E-state index is 3.93. The van der Waals surface area contributed by atoms with Crippen molar-refractivity contribution in [3.63, 3.8) is 0 Å². The molecule has 0 bridgehead atoms. The van der Waals surface area contributed by atoms with Crippen LogP contribution in [0.15, 0.2) is 30.3 Å². The van der Waals surface area contributed by atoms with Crippen molar-refractivity contribution in [1.82, 2.24) is 4.90 Å². The number of piperidine rings is 1. The molecule has 1 aromatic carbocycles. The highest BCUT2D eigenvalue weighted by Gasteiger charge is 2.17. The van der Waals surface area contributed by atoms with Crippen molar-refractivity contribution >= 4 is 0 Å². The molecular formula is C16H24N. The van der Waals surface area contributed by atoms with Crippen LogP contribution in [0.2, 0.25) is 0 Å². The predicted molar refractivity (Wildman–Crippen MR) is 73.9 cm³/mol. The first-order valence-electron chi connectivity index (χ1n) is 6.94. The van der Waals surface area contributed by atoms with Crippen molar-refractivity contribution in [2.45, 2.75) is 32.1 Å². The Morgan fingerprint density at radius 3 is 2.47 bits per heavy atom. The van der Waals surface area contributed by atoms with Gasteiger partial charge in [-0.2, -0.15) is 0 Å². The molecule has 0 aromatic heterocycles. The summed E-state index contributed by atoms with van der Waals surface area (Å²) in [6.45, 7) is 7.69. The minimum absolute atomic E-state index is 0.941. The number of hydrogen-bond donors (Lipinski definition) is 0. The topological polar surface area (TPSA) is 3.24 Å². The van der Waals surface area contributed by atoms with E-state index in [0.717, 1.165) is 12.3 Å². The zero-order valence-electron chi connectivity index (χ0n) is 10.8. The molecule has 0 spiro atoms. The Hall–Kier alpha value is -0.820. The lowest BCUT2D eigenvalue weighted by atomic mass is 9.90. The molecule has 1 heteroatoms. The number of nitrogens with zero attached hydrogens (tertiary/aromatic N) is 1. The van der Waals surface area contributed by atoms with Crippen molar-refractivity contribution in [3.8, 4) is 0 Å². The quantitative estimate of drug-likeness (QED) is 0.747. The van der Waals surface area contributed by atoms with Gasteiger partial charge in [-0.05, 0) is 63.2 Å². The first-order valence-corrected chi connectivity index (χ1v) is 6.94. The average molecular weight is 230 g/mol. The van der Waals surface area contributed by atoms with Gasteiger partial charge in [0.2, 0.25) is 0 Å². The average Bonchev–Trinajstić information content (AvgIpc) is 2.40. The summed E-state index contributed by atoms with van der Waals surface area (Å²) < 4.78 is 0. The predicted octanol–water partition coefficient (Wildman–Crippen LogP) is 3.56. The first kappa shape index (κ1) is 12.6. The zero-order chi connectivity index (χ0) is 11.9. The maximum Gasteiger partial charge on any atom is -0.00161 e. The molecule has 0 atom stereocenters. The third-order valence-corrected chi connectivity index (χ3v) is 3.87. The molecule has 1 nitrogen and oxygen atoms in total. The van der Waals surface area contributed by atoms with Crippen molar-refractivity contribution in [2.75, 3.05) is 19.6 Å². The van der Waals surface area contributed by atoms with E-state index in [9.17, 15) is 0 Å². The number of likely N-dealkylation sites (tertiary alicyclic amines) is 1. The van der Waals surface area contributed by atoms with E-state index >= 15 is 0 Å². The highest BCUT2D eigenvalue weighted by Crippen LogP contribution is 2.22. The van der Waals surface area contributed by atoms with Crippen molar-refractivity contribution in [1.29, 1.82) is 0 Å². The molecule has 1 aliphatic heterocycles. The standard InChI is InChI=1S/C16H24N/c1-2-12-17-13-10-16(11-14-17)9-8-15-6-4-3-5-7-15/h3-7,16H,1-2,8-14H2. The van der Waals surface area contributed by atoms with E-state index in [1.165, 1.54) is 50.9 Å². The Balaban J connectivity index is 1.68. The Kier molecular flexibility index (Phi) is 5.06. The summed E-state index contributed by atoms with van der Waals surface area (Å²) in [6, 6.07) is 10.9. The summed E-state index contributed by atoms with van der Waals surface area (Å²) in [5, 5.41) is 0. The van der Waals surface area contributed by atoms with E-state index in [-0.39, 0.29) is 0 Å². The maximum absolute atomic E-state index is 3.93. The van der Waals surface area contributed by atoms with Crippen LogP contribution >= 0.6 is 0 Å². The summed E-state index contributed by atoms with van der Waals surface area (Å²) in [5.74, 6) is 0.941. The Morgan fingerprint density at radius 2 is 1.82 bits per heavy atom. The van der Waals surface area contributed by atoms with Crippen LogP contribution in [0.25, 0.3) is 0 Å². The van der Waals surface area contributed by atoms with Gasteiger partial charge in [0.15, 0.2) is 0 Å². The summed E-state index contributed by atoms with van der Waals surface area (Å²) in [4.78, 5) is 2.56. The molecule has 2 rings (SSSR count). The van der Waals surface area contributed by atoms with Gasteiger partial charge in [-0.3, -0.25) is 0 Å². The molecule has 1 radical (unpaired) electrons. The smallest absolute Gasteiger partial charge is 0.00161 e. The third kappa shape index (κ3) is 4.16. The van der Waals surface area contributed by atoms with Crippen LogP contribution in [-0.2, 0) is 6.42 Å². The normalized spacial score (nSPS) is 18.4. The lowest BCUT2D eigenvalue weighted by molar-refractivity contribution is 0.182. The molecule has 1 aromatic rings. The van der Waals surface area contributed by atoms with Gasteiger partial charge in [0.25, 0.3) is 0 Å². The van der Waals surface area contributed by atoms with E-state index in [1.54, 1.807) is 0 Å². The molecule has 0 unspecified atom stereocenters. The molecule has 0 N–H and O–H groups in total. The van der Waals surface area contributed by atoms with Gasteiger partial charge in [-0.1, -0.05) is 37.3 Å². The SMILES string of the molecule is [CH2]CCN1CCC(CCc2ccccc2)CC1. The molecule has 0 amide bonds. The number of rotatable bonds is 5. The summed E-state index contributed by atoms with van der Waals surface area (Å²) in [6.07, 6.45) is 6.43. The van der Waals surface area contributed by atoms with Gasteiger partial charge in [0, 0.05) is 0 Å². The first-order chi connectivity index (χ1) is 8.38. The van der Waals surface area contributed by atoms with Gasteiger partial charge in [-0.25, -0.2) is 0 Å². The molecule has 93 valence electrons. The third-order valence-electron chi connectivity index (χ3n) is 3.87. The van der Waals surface area contributed by atoms with Crippen LogP contribution < -0.4 is 0 Å². The molecule has 0 aliphatic carbocycles. The van der Waals surface area contributed by atoms with Gasteiger partial charge < -0.3 is 4.90 Å². The molecule has 1 saturated heterocycles. The fourth-order valence-electron chi connectivity index (χ4n) is 2.74. The molecular weight excluding hydrogens is 206 g/mol. The second kappa shape index (κ2) is 6.80. The second-order valence-corrected chi connectivity index (χ2v) is 5.16. The van der Waals surface area contributed by atoms with E-state index in [0.29, 0.717) is 0 Å². The lowest BCUT2D eigenvalue weighted by Gasteiger charge is -2.31. The minimum Gasteiger partial charge on any atom is -0.303 e. The van der Waals surface area contributed by atoms with E-state index in [4.69, 9.17) is 0 Å². The fourth-order valence-corrected chi connectivity index (χ4v) is 2.74. The Bertz CT molecular complexity index is 299. The van der Waals surface area contributed by atoms with E-state index < -0.39 is 0 Å². The summed E-state index contributed by atoms with van der Waals surface area (Å²) in [5.41, 5.74) is 1.49. The Morgan fingerprint density at radius 1 is 1.12 bits per heavy atom. The molecule has 0 saturated carbocycles. The van der Waals surface area contributed by atoms with Gasteiger partial charge in [-0.15, -0.1) is 0 Å². The van der Waals surface area contributed by atoms with Gasteiger partial charge in [0.05, 0.1) is 0 Å². The van der Waals surface area contributed by atoms with Gasteiger partial charge >= 0.3 is 0 Å². The van der Waals surface area contributed by atoms with Gasteiger partial charge in [0.1, 0.15) is 0 Å². The summed E-state index contributed by atoms with van der Waals surface area (Å²) >= 11 is 0. The van der Waals surface area contributed by atoms with Crippen LogP contribution in [0, 0.1) is 12.8 Å². The second-order valence-electron chi connectivity index (χ2n) is 5.16. The number of hydrogen-bond acceptors (Lipinski definition) is 1. The van der Waals surface area contributed by atoms with E-state index in [2.05, 4.69) is 42.2 Å². The van der Waals surface area contributed by atoms with Crippen LogP contribution in [0.5, 0.6) is 0 Å². The molecule has 17 heavy (non-hydrogen) atoms. The highest BCUT2D eigenvalue weighted by molar-refractivity contribution is 5.14. The van der Waals surface area contributed by atoms with Crippen LogP contribution in [0.3, 0.4) is 0 Å². The molecule has 1 aliphatic rings. The zero-order valence-corrected chi connectivity index (χ0v) is 10.8. The highest BCUT2D eigenvalue weighted by atomic mass is 15.1. The number of benzene rings is 1. The van der Waals surface area contributed by atoms with Crippen LogP contribution in [-0.4, -0.2) is 24.5 Å². The summed E-state index contributed by atoms with van der Waals surface area (Å²) in [7, 11) is 0. The van der Waals surface area contributed by atoms with Crippen molar-refractivity contribution in [2.24, 2.45) is 5.92 Å². The largest absolute Gasteiger partial charge is 0.303 e. The minimum atomic E-state index is 0.941. The van der Waals surface area contributed by atoms with Crippen molar-refractivity contribution in [3.05, 3.63) is 42.8 Å². The monoisotopic (exact) mass is 230 g/mol. The fraction of sp³-hybridized carbons (Fsp3) is 0.562. The van der Waals surface area contributed by atoms with Crippen LogP contribution in [0.1, 0.15) is 31.2 Å². The Labute approximate surface area is 106 Å². The lowest BCUT2D eigenvalue weighted by Crippen LogP contribution is -2.34. The molecule has 1 fully saturated rings. The van der Waals surface area contributed by atoms with E-state index in [1.807, 2.05) is 0 Å². The van der Waals surface area contributed by atoms with Crippen LogP contribution in [0.4, 0.5) is 0 Å². The molecule has 1 heterocycles. The van der Waals surface area contributed by atoms with Crippen molar-refractivity contribution < 1.29 is 0 Å².